The fraction of sp³-hybridized carbons (Fsp3) is 0.571. The molecule has 0 saturated carbocycles. The van der Waals surface area contributed by atoms with Crippen LogP contribution in [0, 0.1) is 6.92 Å². The monoisotopic (exact) mass is 284 g/mol. The molecule has 0 aliphatic carbocycles. The molecule has 19 heavy (non-hydrogen) atoms. The van der Waals surface area contributed by atoms with Gasteiger partial charge in [0.1, 0.15) is 0 Å². The van der Waals surface area contributed by atoms with Crippen molar-refractivity contribution in [3.8, 4) is 0 Å². The summed E-state index contributed by atoms with van der Waals surface area (Å²) < 4.78 is 26.6. The van der Waals surface area contributed by atoms with Crippen LogP contribution in [0.15, 0.2) is 23.1 Å². The molecule has 1 aromatic carbocycles. The van der Waals surface area contributed by atoms with Crippen molar-refractivity contribution in [3.05, 3.63) is 29.3 Å². The molecule has 108 valence electrons. The highest BCUT2D eigenvalue weighted by Crippen LogP contribution is 2.21. The number of aryl methyl sites for hydroxylation is 1. The van der Waals surface area contributed by atoms with Gasteiger partial charge in [-0.3, -0.25) is 0 Å². The summed E-state index contributed by atoms with van der Waals surface area (Å²) in [5.41, 5.74) is 7.50. The minimum Gasteiger partial charge on any atom is -0.326 e. The van der Waals surface area contributed by atoms with Gasteiger partial charge in [0.2, 0.25) is 10.0 Å². The van der Waals surface area contributed by atoms with Gasteiger partial charge in [0.25, 0.3) is 0 Å². The molecule has 5 heteroatoms. The lowest BCUT2D eigenvalue weighted by atomic mass is 10.1. The highest BCUT2D eigenvalue weighted by Gasteiger charge is 2.26. The van der Waals surface area contributed by atoms with Gasteiger partial charge in [0.05, 0.1) is 4.90 Å². The van der Waals surface area contributed by atoms with Crippen LogP contribution in [-0.4, -0.2) is 25.8 Å². The molecule has 0 bridgehead atoms. The van der Waals surface area contributed by atoms with E-state index in [2.05, 4.69) is 0 Å². The van der Waals surface area contributed by atoms with Crippen LogP contribution in [0.2, 0.25) is 0 Å². The van der Waals surface area contributed by atoms with Gasteiger partial charge in [-0.15, -0.1) is 0 Å². The molecule has 2 N–H and O–H groups in total. The summed E-state index contributed by atoms with van der Waals surface area (Å²) in [5, 5.41) is 0. The van der Waals surface area contributed by atoms with E-state index < -0.39 is 10.0 Å². The smallest absolute Gasteiger partial charge is 0.243 e. The van der Waals surface area contributed by atoms with E-state index in [1.807, 2.05) is 20.8 Å². The van der Waals surface area contributed by atoms with Crippen molar-refractivity contribution in [1.29, 1.82) is 0 Å². The summed E-state index contributed by atoms with van der Waals surface area (Å²) in [7, 11) is -1.77. The van der Waals surface area contributed by atoms with Gasteiger partial charge in [0, 0.05) is 19.6 Å². The zero-order valence-electron chi connectivity index (χ0n) is 12.2. The van der Waals surface area contributed by atoms with Crippen molar-refractivity contribution in [2.45, 2.75) is 51.1 Å². The molecule has 0 unspecified atom stereocenters. The van der Waals surface area contributed by atoms with Crippen LogP contribution in [0.1, 0.15) is 37.8 Å². The maximum atomic E-state index is 12.5. The van der Waals surface area contributed by atoms with Crippen molar-refractivity contribution in [2.75, 3.05) is 7.05 Å². The summed E-state index contributed by atoms with van der Waals surface area (Å²) in [6, 6.07) is 5.18. The Hall–Kier alpha value is -0.910. The first-order chi connectivity index (χ1) is 8.88. The maximum absolute atomic E-state index is 12.5. The number of nitrogens with two attached hydrogens (primary N) is 1. The van der Waals surface area contributed by atoms with Crippen molar-refractivity contribution >= 4 is 10.0 Å². The molecule has 1 rings (SSSR count). The molecule has 0 aromatic heterocycles. The predicted molar refractivity (Wildman–Crippen MR) is 78.4 cm³/mol. The van der Waals surface area contributed by atoms with Gasteiger partial charge in [-0.1, -0.05) is 19.9 Å². The second-order valence-corrected chi connectivity index (χ2v) is 6.78. The first-order valence-corrected chi connectivity index (χ1v) is 8.10. The van der Waals surface area contributed by atoms with Gasteiger partial charge in [0.15, 0.2) is 0 Å². The quantitative estimate of drug-likeness (QED) is 0.871. The Labute approximate surface area is 116 Å². The SMILES string of the molecule is CCC(CC)N(C)S(=O)(=O)c1ccc(CN)c(C)c1. The van der Waals surface area contributed by atoms with Gasteiger partial charge in [-0.2, -0.15) is 4.31 Å². The number of hydrogen-bond acceptors (Lipinski definition) is 3. The topological polar surface area (TPSA) is 63.4 Å². The molecule has 0 spiro atoms. The fourth-order valence-corrected chi connectivity index (χ4v) is 3.81. The molecular weight excluding hydrogens is 260 g/mol. The van der Waals surface area contributed by atoms with E-state index in [0.29, 0.717) is 11.4 Å². The van der Waals surface area contributed by atoms with Crippen LogP contribution in [0.5, 0.6) is 0 Å². The molecule has 1 aromatic rings. The lowest BCUT2D eigenvalue weighted by Gasteiger charge is -2.25. The largest absolute Gasteiger partial charge is 0.326 e. The molecule has 0 fully saturated rings. The number of benzene rings is 1. The molecule has 0 saturated heterocycles. The number of sulfonamides is 1. The Kier molecular flexibility index (Phi) is 5.52. The summed E-state index contributed by atoms with van der Waals surface area (Å²) >= 11 is 0. The Morgan fingerprint density at radius 3 is 2.26 bits per heavy atom. The lowest BCUT2D eigenvalue weighted by Crippen LogP contribution is -2.36. The molecule has 0 radical (unpaired) electrons. The summed E-state index contributed by atoms with van der Waals surface area (Å²) in [6.07, 6.45) is 1.62. The van der Waals surface area contributed by atoms with Crippen LogP contribution < -0.4 is 5.73 Å². The number of hydrogen-bond donors (Lipinski definition) is 1. The lowest BCUT2D eigenvalue weighted by molar-refractivity contribution is 0.349. The summed E-state index contributed by atoms with van der Waals surface area (Å²) in [6.45, 7) is 6.32. The second kappa shape index (κ2) is 6.50. The van der Waals surface area contributed by atoms with Gasteiger partial charge in [-0.05, 0) is 43.0 Å². The van der Waals surface area contributed by atoms with Crippen molar-refractivity contribution in [2.24, 2.45) is 5.73 Å². The van der Waals surface area contributed by atoms with Gasteiger partial charge >= 0.3 is 0 Å². The average molecular weight is 284 g/mol. The normalized spacial score (nSPS) is 12.4. The minimum absolute atomic E-state index is 0.0412. The third-order valence-corrected chi connectivity index (χ3v) is 5.57. The third-order valence-electron chi connectivity index (χ3n) is 3.67. The van der Waals surface area contributed by atoms with Crippen LogP contribution in [0.4, 0.5) is 0 Å². The predicted octanol–water partition coefficient (Wildman–Crippen LogP) is 2.26. The van der Waals surface area contributed by atoms with E-state index in [1.165, 1.54) is 4.31 Å². The Balaban J connectivity index is 3.16. The van der Waals surface area contributed by atoms with E-state index in [-0.39, 0.29) is 6.04 Å². The molecule has 0 aliphatic rings. The van der Waals surface area contributed by atoms with Crippen LogP contribution in [0.3, 0.4) is 0 Å². The van der Waals surface area contributed by atoms with E-state index in [9.17, 15) is 8.42 Å². The third kappa shape index (κ3) is 3.35. The number of nitrogens with zero attached hydrogens (tertiary/aromatic N) is 1. The first kappa shape index (κ1) is 16.1. The van der Waals surface area contributed by atoms with E-state index in [0.717, 1.165) is 24.0 Å². The molecular formula is C14H24N2O2S. The second-order valence-electron chi connectivity index (χ2n) is 4.78. The molecule has 0 atom stereocenters. The maximum Gasteiger partial charge on any atom is 0.243 e. The van der Waals surface area contributed by atoms with Gasteiger partial charge in [-0.25, -0.2) is 8.42 Å². The number of rotatable bonds is 6. The van der Waals surface area contributed by atoms with Crippen LogP contribution in [0.25, 0.3) is 0 Å². The first-order valence-electron chi connectivity index (χ1n) is 6.66. The fourth-order valence-electron chi connectivity index (χ4n) is 2.22. The van der Waals surface area contributed by atoms with Crippen LogP contribution >= 0.6 is 0 Å². The Morgan fingerprint density at radius 1 is 1.26 bits per heavy atom. The minimum atomic E-state index is -3.42. The molecule has 0 heterocycles. The molecule has 0 amide bonds. The van der Waals surface area contributed by atoms with E-state index >= 15 is 0 Å². The highest BCUT2D eigenvalue weighted by molar-refractivity contribution is 7.89. The molecule has 0 aliphatic heterocycles. The Morgan fingerprint density at radius 2 is 1.84 bits per heavy atom. The van der Waals surface area contributed by atoms with Gasteiger partial charge < -0.3 is 5.73 Å². The standard InChI is InChI=1S/C14H24N2O2S/c1-5-13(6-2)16(4)19(17,18)14-8-7-12(10-15)11(3)9-14/h7-9,13H,5-6,10,15H2,1-4H3. The summed E-state index contributed by atoms with van der Waals surface area (Å²) in [5.74, 6) is 0. The average Bonchev–Trinajstić information content (AvgIpc) is 2.39. The van der Waals surface area contributed by atoms with Crippen molar-refractivity contribution in [1.82, 2.24) is 4.31 Å². The summed E-state index contributed by atoms with van der Waals surface area (Å²) in [4.78, 5) is 0.344. The molecule has 4 nitrogen and oxygen atoms in total. The van der Waals surface area contributed by atoms with E-state index in [1.54, 1.807) is 25.2 Å². The van der Waals surface area contributed by atoms with Crippen molar-refractivity contribution in [3.63, 3.8) is 0 Å². The van der Waals surface area contributed by atoms with E-state index in [4.69, 9.17) is 5.73 Å². The highest BCUT2D eigenvalue weighted by atomic mass is 32.2. The Bertz CT molecular complexity index is 522. The van der Waals surface area contributed by atoms with Crippen LogP contribution in [-0.2, 0) is 16.6 Å². The zero-order chi connectivity index (χ0) is 14.6. The van der Waals surface area contributed by atoms with Crippen molar-refractivity contribution < 1.29 is 8.42 Å². The zero-order valence-corrected chi connectivity index (χ0v) is 13.0.